The van der Waals surface area contributed by atoms with Crippen molar-refractivity contribution >= 4 is 5.91 Å². The third kappa shape index (κ3) is 3.29. The molecule has 3 N–H and O–H groups in total. The minimum absolute atomic E-state index is 0.0880. The molecule has 4 heteroatoms. The molecule has 1 aliphatic heterocycles. The highest BCUT2D eigenvalue weighted by Crippen LogP contribution is 2.29. The molecule has 110 valence electrons. The van der Waals surface area contributed by atoms with Crippen molar-refractivity contribution in [1.82, 2.24) is 10.4 Å². The summed E-state index contributed by atoms with van der Waals surface area (Å²) in [5.74, 6) is 0.567. The Hall–Kier alpha value is -0.610. The number of rotatable bonds is 2. The van der Waals surface area contributed by atoms with E-state index in [0.717, 1.165) is 19.3 Å². The van der Waals surface area contributed by atoms with Gasteiger partial charge in [-0.05, 0) is 45.4 Å². The van der Waals surface area contributed by atoms with E-state index in [2.05, 4.69) is 31.2 Å². The Morgan fingerprint density at radius 3 is 2.26 bits per heavy atom. The van der Waals surface area contributed by atoms with Crippen molar-refractivity contribution in [2.45, 2.75) is 77.4 Å². The van der Waals surface area contributed by atoms with Crippen LogP contribution in [0.25, 0.3) is 0 Å². The fourth-order valence-corrected chi connectivity index (χ4v) is 3.62. The number of nitrogens with zero attached hydrogens (tertiary/aromatic N) is 1. The van der Waals surface area contributed by atoms with E-state index in [1.54, 1.807) is 0 Å². The molecule has 0 bridgehead atoms. The number of hydrazine groups is 1. The molecule has 19 heavy (non-hydrogen) atoms. The lowest BCUT2D eigenvalue weighted by atomic mass is 9.77. The summed E-state index contributed by atoms with van der Waals surface area (Å²) < 4.78 is 0. The van der Waals surface area contributed by atoms with Crippen LogP contribution in [0.1, 0.15) is 59.3 Å². The lowest BCUT2D eigenvalue weighted by molar-refractivity contribution is -0.136. The lowest BCUT2D eigenvalue weighted by Crippen LogP contribution is -2.57. The number of amides is 1. The van der Waals surface area contributed by atoms with E-state index in [4.69, 9.17) is 5.73 Å². The Bertz CT molecular complexity index is 311. The Labute approximate surface area is 117 Å². The van der Waals surface area contributed by atoms with Gasteiger partial charge in [0, 0.05) is 24.0 Å². The quantitative estimate of drug-likeness (QED) is 0.805. The highest BCUT2D eigenvalue weighted by molar-refractivity contribution is 5.78. The smallest absolute Gasteiger partial charge is 0.237 e. The molecule has 0 spiro atoms. The van der Waals surface area contributed by atoms with E-state index >= 15 is 0 Å². The molecule has 2 aliphatic rings. The van der Waals surface area contributed by atoms with Crippen molar-refractivity contribution < 1.29 is 4.79 Å². The Kier molecular flexibility index (Phi) is 4.85. The average molecular weight is 267 g/mol. The first-order chi connectivity index (χ1) is 9.00. The molecule has 0 aromatic heterocycles. The topological polar surface area (TPSA) is 58.4 Å². The molecule has 0 aromatic rings. The zero-order chi connectivity index (χ0) is 14.0. The molecule has 1 amide bonds. The number of piperidine rings is 1. The van der Waals surface area contributed by atoms with E-state index in [0.29, 0.717) is 18.0 Å². The summed E-state index contributed by atoms with van der Waals surface area (Å²) in [6.45, 7) is 6.52. The van der Waals surface area contributed by atoms with Crippen molar-refractivity contribution in [2.75, 3.05) is 0 Å². The molecule has 0 radical (unpaired) electrons. The number of hydrogen-bond donors (Lipinski definition) is 2. The average Bonchev–Trinajstić information content (AvgIpc) is 2.37. The molecule has 4 nitrogen and oxygen atoms in total. The molecule has 2 fully saturated rings. The lowest BCUT2D eigenvalue weighted by Gasteiger charge is -2.41. The Morgan fingerprint density at radius 2 is 1.63 bits per heavy atom. The van der Waals surface area contributed by atoms with E-state index < -0.39 is 0 Å². The highest BCUT2D eigenvalue weighted by Gasteiger charge is 2.35. The third-order valence-corrected chi connectivity index (χ3v) is 5.13. The molecule has 1 saturated heterocycles. The maximum Gasteiger partial charge on any atom is 0.237 e. The summed E-state index contributed by atoms with van der Waals surface area (Å²) in [5.41, 5.74) is 9.28. The van der Waals surface area contributed by atoms with Crippen molar-refractivity contribution in [3.63, 3.8) is 0 Å². The standard InChI is InChI=1S/C15H29N3O/c1-10-6-4-7-11(2)18(10)17-15(19)13-8-5-9-14(16)12(13)3/h10-14H,4-9,16H2,1-3H3,(H,17,19). The molecular weight excluding hydrogens is 238 g/mol. The van der Waals surface area contributed by atoms with Gasteiger partial charge >= 0.3 is 0 Å². The second-order valence-corrected chi connectivity index (χ2v) is 6.57. The van der Waals surface area contributed by atoms with Gasteiger partial charge < -0.3 is 5.73 Å². The van der Waals surface area contributed by atoms with Crippen molar-refractivity contribution in [2.24, 2.45) is 17.6 Å². The van der Waals surface area contributed by atoms with Crippen LogP contribution in [0.4, 0.5) is 0 Å². The van der Waals surface area contributed by atoms with Gasteiger partial charge in [-0.15, -0.1) is 0 Å². The van der Waals surface area contributed by atoms with Gasteiger partial charge in [0.1, 0.15) is 0 Å². The van der Waals surface area contributed by atoms with Gasteiger partial charge in [-0.2, -0.15) is 0 Å². The number of hydrogen-bond acceptors (Lipinski definition) is 3. The zero-order valence-electron chi connectivity index (χ0n) is 12.6. The van der Waals surface area contributed by atoms with Gasteiger partial charge in [0.25, 0.3) is 0 Å². The summed E-state index contributed by atoms with van der Waals surface area (Å²) in [4.78, 5) is 12.5. The second-order valence-electron chi connectivity index (χ2n) is 6.57. The first-order valence-corrected chi connectivity index (χ1v) is 7.85. The van der Waals surface area contributed by atoms with Crippen LogP contribution in [0.15, 0.2) is 0 Å². The van der Waals surface area contributed by atoms with Crippen molar-refractivity contribution in [1.29, 1.82) is 0 Å². The minimum Gasteiger partial charge on any atom is -0.327 e. The molecule has 1 aliphatic carbocycles. The van der Waals surface area contributed by atoms with Gasteiger partial charge in [0.05, 0.1) is 0 Å². The summed E-state index contributed by atoms with van der Waals surface area (Å²) in [6, 6.07) is 1.07. The van der Waals surface area contributed by atoms with Crippen LogP contribution in [-0.2, 0) is 4.79 Å². The summed E-state index contributed by atoms with van der Waals surface area (Å²) in [5, 5.41) is 2.17. The molecular formula is C15H29N3O. The molecule has 1 saturated carbocycles. The molecule has 0 aromatic carbocycles. The van der Waals surface area contributed by atoms with Crippen molar-refractivity contribution in [3.8, 4) is 0 Å². The van der Waals surface area contributed by atoms with Crippen LogP contribution in [0.3, 0.4) is 0 Å². The Morgan fingerprint density at radius 1 is 1.05 bits per heavy atom. The predicted octanol–water partition coefficient (Wildman–Crippen LogP) is 2.04. The fraction of sp³-hybridized carbons (Fsp3) is 0.933. The predicted molar refractivity (Wildman–Crippen MR) is 77.2 cm³/mol. The van der Waals surface area contributed by atoms with E-state index in [1.165, 1.54) is 19.3 Å². The molecule has 2 rings (SSSR count). The van der Waals surface area contributed by atoms with Gasteiger partial charge in [-0.25, -0.2) is 5.01 Å². The number of nitrogens with two attached hydrogens (primary N) is 1. The molecule has 1 heterocycles. The highest BCUT2D eigenvalue weighted by atomic mass is 16.2. The minimum atomic E-state index is 0.0880. The number of carbonyl (C=O) groups excluding carboxylic acids is 1. The third-order valence-electron chi connectivity index (χ3n) is 5.13. The summed E-state index contributed by atoms with van der Waals surface area (Å²) in [7, 11) is 0. The largest absolute Gasteiger partial charge is 0.327 e. The zero-order valence-corrected chi connectivity index (χ0v) is 12.6. The SMILES string of the molecule is CC1C(N)CCCC1C(=O)NN1C(C)CCCC1C. The Balaban J connectivity index is 1.96. The van der Waals surface area contributed by atoms with Gasteiger partial charge in [0.15, 0.2) is 0 Å². The summed E-state index contributed by atoms with van der Waals surface area (Å²) in [6.07, 6.45) is 6.72. The maximum atomic E-state index is 12.5. The second kappa shape index (κ2) is 6.23. The van der Waals surface area contributed by atoms with Crippen LogP contribution in [0, 0.1) is 11.8 Å². The first kappa shape index (κ1) is 14.8. The van der Waals surface area contributed by atoms with Crippen LogP contribution in [0.2, 0.25) is 0 Å². The van der Waals surface area contributed by atoms with Crippen molar-refractivity contribution in [3.05, 3.63) is 0 Å². The summed E-state index contributed by atoms with van der Waals surface area (Å²) >= 11 is 0. The molecule has 5 unspecified atom stereocenters. The van der Waals surface area contributed by atoms with Crippen LogP contribution < -0.4 is 11.2 Å². The van der Waals surface area contributed by atoms with E-state index in [1.807, 2.05) is 0 Å². The van der Waals surface area contributed by atoms with Gasteiger partial charge in [-0.3, -0.25) is 10.2 Å². The normalized spacial score (nSPS) is 40.9. The van der Waals surface area contributed by atoms with Crippen LogP contribution >= 0.6 is 0 Å². The fourth-order valence-electron chi connectivity index (χ4n) is 3.62. The van der Waals surface area contributed by atoms with E-state index in [9.17, 15) is 4.79 Å². The van der Waals surface area contributed by atoms with Crippen LogP contribution in [0.5, 0.6) is 0 Å². The maximum absolute atomic E-state index is 12.5. The number of nitrogens with one attached hydrogen (secondary N) is 1. The number of carbonyl (C=O) groups is 1. The monoisotopic (exact) mass is 267 g/mol. The first-order valence-electron chi connectivity index (χ1n) is 7.85. The van der Waals surface area contributed by atoms with Gasteiger partial charge in [-0.1, -0.05) is 19.8 Å². The van der Waals surface area contributed by atoms with E-state index in [-0.39, 0.29) is 17.9 Å². The molecule has 5 atom stereocenters. The van der Waals surface area contributed by atoms with Crippen LogP contribution in [-0.4, -0.2) is 29.0 Å². The van der Waals surface area contributed by atoms with Gasteiger partial charge in [0.2, 0.25) is 5.91 Å².